The van der Waals surface area contributed by atoms with Crippen LogP contribution in [-0.4, -0.2) is 27.6 Å². The molecule has 0 aliphatic carbocycles. The Kier molecular flexibility index (Phi) is 6.22. The molecule has 2 aromatic carbocycles. The highest BCUT2D eigenvalue weighted by molar-refractivity contribution is 9.10. The van der Waals surface area contributed by atoms with Gasteiger partial charge in [-0.05, 0) is 42.5 Å². The van der Waals surface area contributed by atoms with E-state index in [-0.39, 0.29) is 23.7 Å². The first-order chi connectivity index (χ1) is 11.3. The predicted molar refractivity (Wildman–Crippen MR) is 92.7 cm³/mol. The Balaban J connectivity index is 1.84. The van der Waals surface area contributed by atoms with E-state index in [1.807, 2.05) is 0 Å². The number of halogens is 2. The van der Waals surface area contributed by atoms with Gasteiger partial charge in [0, 0.05) is 4.47 Å². The van der Waals surface area contributed by atoms with E-state index in [4.69, 9.17) is 26.2 Å². The Bertz CT molecular complexity index is 839. The normalized spacial score (nSPS) is 11.1. The van der Waals surface area contributed by atoms with Crippen LogP contribution in [0.2, 0.25) is 5.02 Å². The molecular formula is C15H13BrClNO5S. The minimum atomic E-state index is -3.74. The van der Waals surface area contributed by atoms with E-state index in [9.17, 15) is 13.2 Å². The van der Waals surface area contributed by atoms with Crippen molar-refractivity contribution < 1.29 is 22.7 Å². The number of carbonyl (C=O) groups excluding carboxylic acids is 1. The molecule has 0 saturated carbocycles. The number of benzene rings is 2. The zero-order chi connectivity index (χ0) is 17.7. The lowest BCUT2D eigenvalue weighted by Crippen LogP contribution is -2.13. The average Bonchev–Trinajstić information content (AvgIpc) is 2.53. The van der Waals surface area contributed by atoms with Crippen molar-refractivity contribution >= 4 is 43.5 Å². The highest BCUT2D eigenvalue weighted by Gasteiger charge is 2.12. The van der Waals surface area contributed by atoms with Crippen LogP contribution in [0.3, 0.4) is 0 Å². The maximum Gasteiger partial charge on any atom is 0.339 e. The number of primary sulfonamides is 1. The summed E-state index contributed by atoms with van der Waals surface area (Å²) in [6.45, 7) is 0.116. The zero-order valence-corrected chi connectivity index (χ0v) is 15.4. The number of sulfonamides is 1. The van der Waals surface area contributed by atoms with Crippen molar-refractivity contribution in [3.05, 3.63) is 57.5 Å². The van der Waals surface area contributed by atoms with E-state index in [2.05, 4.69) is 15.9 Å². The van der Waals surface area contributed by atoms with Crippen LogP contribution in [0.5, 0.6) is 5.75 Å². The summed E-state index contributed by atoms with van der Waals surface area (Å²) in [6.07, 6.45) is 0. The Labute approximate surface area is 152 Å². The second-order valence-electron chi connectivity index (χ2n) is 4.62. The Morgan fingerprint density at radius 3 is 2.42 bits per heavy atom. The molecule has 2 aromatic rings. The number of rotatable bonds is 6. The maximum absolute atomic E-state index is 11.9. The third-order valence-corrected chi connectivity index (χ3v) is 4.64. The molecular weight excluding hydrogens is 422 g/mol. The molecule has 0 unspecified atom stereocenters. The highest BCUT2D eigenvalue weighted by atomic mass is 79.9. The van der Waals surface area contributed by atoms with Gasteiger partial charge in [0.05, 0.1) is 15.5 Å². The summed E-state index contributed by atoms with van der Waals surface area (Å²) >= 11 is 9.19. The summed E-state index contributed by atoms with van der Waals surface area (Å²) in [5.41, 5.74) is 0.253. The standard InChI is InChI=1S/C15H13BrClNO5S/c16-10-1-6-14(17)13(9-10)15(19)23-8-7-22-11-2-4-12(5-3-11)24(18,20)21/h1-6,9H,7-8H2,(H2,18,20,21). The first-order valence-electron chi connectivity index (χ1n) is 6.65. The quantitative estimate of drug-likeness (QED) is 0.557. The molecule has 2 N–H and O–H groups in total. The smallest absolute Gasteiger partial charge is 0.339 e. The fourth-order valence-electron chi connectivity index (χ4n) is 1.75. The fourth-order valence-corrected chi connectivity index (χ4v) is 2.82. The van der Waals surface area contributed by atoms with Crippen molar-refractivity contribution in [2.45, 2.75) is 4.90 Å². The van der Waals surface area contributed by atoms with Gasteiger partial charge in [-0.25, -0.2) is 18.4 Å². The lowest BCUT2D eigenvalue weighted by Gasteiger charge is -2.09. The number of ether oxygens (including phenoxy) is 2. The molecule has 24 heavy (non-hydrogen) atoms. The predicted octanol–water partition coefficient (Wildman–Crippen LogP) is 2.99. The molecule has 0 radical (unpaired) electrons. The van der Waals surface area contributed by atoms with Crippen molar-refractivity contribution in [2.75, 3.05) is 13.2 Å². The number of carbonyl (C=O) groups is 1. The molecule has 0 aliphatic heterocycles. The maximum atomic E-state index is 11.9. The molecule has 0 atom stereocenters. The Hall–Kier alpha value is -1.61. The number of nitrogens with two attached hydrogens (primary N) is 1. The molecule has 0 heterocycles. The van der Waals surface area contributed by atoms with Crippen molar-refractivity contribution in [1.29, 1.82) is 0 Å². The van der Waals surface area contributed by atoms with Crippen LogP contribution in [-0.2, 0) is 14.8 Å². The molecule has 0 fully saturated rings. The molecule has 9 heteroatoms. The van der Waals surface area contributed by atoms with Crippen molar-refractivity contribution in [2.24, 2.45) is 5.14 Å². The summed E-state index contributed by atoms with van der Waals surface area (Å²) < 4.78 is 33.4. The van der Waals surface area contributed by atoms with Gasteiger partial charge in [0.15, 0.2) is 0 Å². The van der Waals surface area contributed by atoms with E-state index in [1.54, 1.807) is 18.2 Å². The summed E-state index contributed by atoms with van der Waals surface area (Å²) in [5.74, 6) is -0.131. The van der Waals surface area contributed by atoms with Crippen LogP contribution in [0, 0.1) is 0 Å². The summed E-state index contributed by atoms with van der Waals surface area (Å²) in [4.78, 5) is 11.9. The molecule has 0 amide bonds. The van der Waals surface area contributed by atoms with E-state index in [0.29, 0.717) is 15.2 Å². The monoisotopic (exact) mass is 433 g/mol. The highest BCUT2D eigenvalue weighted by Crippen LogP contribution is 2.21. The minimum Gasteiger partial charge on any atom is -0.490 e. The minimum absolute atomic E-state index is 0.00873. The number of hydrogen-bond donors (Lipinski definition) is 1. The van der Waals surface area contributed by atoms with Gasteiger partial charge in [-0.15, -0.1) is 0 Å². The molecule has 0 bridgehead atoms. The average molecular weight is 435 g/mol. The van der Waals surface area contributed by atoms with Gasteiger partial charge in [0.25, 0.3) is 0 Å². The van der Waals surface area contributed by atoms with Gasteiger partial charge in [0.2, 0.25) is 10.0 Å². The third-order valence-electron chi connectivity index (χ3n) is 2.89. The molecule has 0 spiro atoms. The van der Waals surface area contributed by atoms with Crippen LogP contribution < -0.4 is 9.88 Å². The van der Waals surface area contributed by atoms with Gasteiger partial charge in [-0.3, -0.25) is 0 Å². The van der Waals surface area contributed by atoms with E-state index >= 15 is 0 Å². The van der Waals surface area contributed by atoms with Crippen LogP contribution in [0.25, 0.3) is 0 Å². The largest absolute Gasteiger partial charge is 0.490 e. The zero-order valence-electron chi connectivity index (χ0n) is 12.2. The molecule has 2 rings (SSSR count). The topological polar surface area (TPSA) is 95.7 Å². The van der Waals surface area contributed by atoms with E-state index in [1.165, 1.54) is 24.3 Å². The van der Waals surface area contributed by atoms with Gasteiger partial charge in [-0.1, -0.05) is 27.5 Å². The molecule has 0 saturated heterocycles. The van der Waals surface area contributed by atoms with Crippen molar-refractivity contribution in [3.63, 3.8) is 0 Å². The SMILES string of the molecule is NS(=O)(=O)c1ccc(OCCOC(=O)c2cc(Br)ccc2Cl)cc1. The van der Waals surface area contributed by atoms with Gasteiger partial charge >= 0.3 is 5.97 Å². The lowest BCUT2D eigenvalue weighted by atomic mass is 10.2. The summed E-state index contributed by atoms with van der Waals surface area (Å²) in [7, 11) is -3.74. The number of hydrogen-bond acceptors (Lipinski definition) is 5. The third kappa shape index (κ3) is 5.20. The van der Waals surface area contributed by atoms with E-state index in [0.717, 1.165) is 0 Å². The molecule has 0 aromatic heterocycles. The fraction of sp³-hybridized carbons (Fsp3) is 0.133. The lowest BCUT2D eigenvalue weighted by molar-refractivity contribution is 0.0450. The van der Waals surface area contributed by atoms with Crippen LogP contribution in [0.15, 0.2) is 51.8 Å². The van der Waals surface area contributed by atoms with Gasteiger partial charge in [-0.2, -0.15) is 0 Å². The van der Waals surface area contributed by atoms with Crippen molar-refractivity contribution in [3.8, 4) is 5.75 Å². The Morgan fingerprint density at radius 1 is 1.12 bits per heavy atom. The second-order valence-corrected chi connectivity index (χ2v) is 7.51. The van der Waals surface area contributed by atoms with E-state index < -0.39 is 16.0 Å². The summed E-state index contributed by atoms with van der Waals surface area (Å²) in [6, 6.07) is 10.5. The molecule has 6 nitrogen and oxygen atoms in total. The second kappa shape index (κ2) is 7.98. The number of esters is 1. The van der Waals surface area contributed by atoms with Gasteiger partial charge < -0.3 is 9.47 Å². The van der Waals surface area contributed by atoms with Crippen LogP contribution in [0.1, 0.15) is 10.4 Å². The first-order valence-corrected chi connectivity index (χ1v) is 9.37. The molecule has 128 valence electrons. The van der Waals surface area contributed by atoms with Gasteiger partial charge in [0.1, 0.15) is 19.0 Å². The molecule has 0 aliphatic rings. The summed E-state index contributed by atoms with van der Waals surface area (Å²) in [5, 5.41) is 5.29. The Morgan fingerprint density at radius 2 is 1.79 bits per heavy atom. The van der Waals surface area contributed by atoms with Crippen molar-refractivity contribution in [1.82, 2.24) is 0 Å². The first kappa shape index (κ1) is 18.7. The van der Waals surface area contributed by atoms with Crippen LogP contribution >= 0.6 is 27.5 Å². The van der Waals surface area contributed by atoms with Crippen LogP contribution in [0.4, 0.5) is 0 Å².